The van der Waals surface area contributed by atoms with Crippen molar-refractivity contribution in [3.05, 3.63) is 58.1 Å². The Morgan fingerprint density at radius 1 is 0.850 bits per heavy atom. The van der Waals surface area contributed by atoms with Crippen molar-refractivity contribution in [3.63, 3.8) is 0 Å². The summed E-state index contributed by atoms with van der Waals surface area (Å²) in [4.78, 5) is 0. The summed E-state index contributed by atoms with van der Waals surface area (Å²) in [6.07, 6.45) is 0. The standard InChI is InChI=1S/C15H10Cl2N2O/c1-9-3-2-4-10(7-9)14-18-19-15(20-14)11-5-6-12(16)13(17)8-11/h2-8H,1H3. The fraction of sp³-hybridized carbons (Fsp3) is 0.0667. The lowest BCUT2D eigenvalue weighted by molar-refractivity contribution is 0.584. The first-order chi connectivity index (χ1) is 9.63. The van der Waals surface area contributed by atoms with E-state index in [0.29, 0.717) is 21.8 Å². The molecule has 0 saturated heterocycles. The van der Waals surface area contributed by atoms with Crippen molar-refractivity contribution in [2.24, 2.45) is 0 Å². The summed E-state index contributed by atoms with van der Waals surface area (Å²) in [7, 11) is 0. The number of hydrogen-bond acceptors (Lipinski definition) is 3. The molecule has 1 heterocycles. The third-order valence-corrected chi connectivity index (χ3v) is 3.60. The molecule has 0 spiro atoms. The molecule has 0 amide bonds. The molecule has 3 rings (SSSR count). The Labute approximate surface area is 126 Å². The number of rotatable bonds is 2. The first kappa shape index (κ1) is 13.2. The van der Waals surface area contributed by atoms with Crippen LogP contribution in [0.4, 0.5) is 0 Å². The van der Waals surface area contributed by atoms with Crippen molar-refractivity contribution in [2.75, 3.05) is 0 Å². The predicted molar refractivity (Wildman–Crippen MR) is 79.9 cm³/mol. The van der Waals surface area contributed by atoms with Gasteiger partial charge in [0.2, 0.25) is 11.8 Å². The number of aromatic nitrogens is 2. The molecule has 5 heteroatoms. The summed E-state index contributed by atoms with van der Waals surface area (Å²) in [6.45, 7) is 2.01. The zero-order chi connectivity index (χ0) is 14.1. The molecule has 3 nitrogen and oxygen atoms in total. The summed E-state index contributed by atoms with van der Waals surface area (Å²) in [5, 5.41) is 9.06. The normalized spacial score (nSPS) is 10.8. The Kier molecular flexibility index (Phi) is 3.47. The second-order valence-electron chi connectivity index (χ2n) is 4.41. The van der Waals surface area contributed by atoms with Crippen molar-refractivity contribution in [1.82, 2.24) is 10.2 Å². The number of hydrogen-bond donors (Lipinski definition) is 0. The maximum Gasteiger partial charge on any atom is 0.248 e. The fourth-order valence-electron chi connectivity index (χ4n) is 1.86. The Hall–Kier alpha value is -1.84. The van der Waals surface area contributed by atoms with Crippen molar-refractivity contribution >= 4 is 23.2 Å². The van der Waals surface area contributed by atoms with Gasteiger partial charge in [-0.2, -0.15) is 0 Å². The molecule has 0 aliphatic rings. The first-order valence-electron chi connectivity index (χ1n) is 5.99. The second kappa shape index (κ2) is 5.27. The van der Waals surface area contributed by atoms with Crippen LogP contribution in [-0.4, -0.2) is 10.2 Å². The number of nitrogens with zero attached hydrogens (tertiary/aromatic N) is 2. The fourth-order valence-corrected chi connectivity index (χ4v) is 2.16. The molecule has 2 aromatic carbocycles. The van der Waals surface area contributed by atoms with Gasteiger partial charge in [-0.1, -0.05) is 40.9 Å². The minimum absolute atomic E-state index is 0.417. The summed E-state index contributed by atoms with van der Waals surface area (Å²) in [5.41, 5.74) is 2.77. The van der Waals surface area contributed by atoms with E-state index in [4.69, 9.17) is 27.6 Å². The van der Waals surface area contributed by atoms with E-state index in [1.807, 2.05) is 31.2 Å². The highest BCUT2D eigenvalue weighted by atomic mass is 35.5. The highest BCUT2D eigenvalue weighted by molar-refractivity contribution is 6.42. The maximum absolute atomic E-state index is 5.99. The van der Waals surface area contributed by atoms with Gasteiger partial charge in [-0.05, 0) is 37.3 Å². The van der Waals surface area contributed by atoms with Crippen LogP contribution in [-0.2, 0) is 0 Å². The predicted octanol–water partition coefficient (Wildman–Crippen LogP) is 5.02. The molecule has 0 fully saturated rings. The molecular formula is C15H10Cl2N2O. The average molecular weight is 305 g/mol. The Morgan fingerprint density at radius 3 is 2.20 bits per heavy atom. The van der Waals surface area contributed by atoms with Crippen molar-refractivity contribution in [2.45, 2.75) is 6.92 Å². The largest absolute Gasteiger partial charge is 0.416 e. The van der Waals surface area contributed by atoms with Gasteiger partial charge in [0.15, 0.2) is 0 Å². The van der Waals surface area contributed by atoms with Crippen molar-refractivity contribution < 1.29 is 4.42 Å². The van der Waals surface area contributed by atoms with Gasteiger partial charge in [-0.3, -0.25) is 0 Å². The van der Waals surface area contributed by atoms with Crippen LogP contribution in [0.1, 0.15) is 5.56 Å². The van der Waals surface area contributed by atoms with E-state index in [2.05, 4.69) is 10.2 Å². The van der Waals surface area contributed by atoms with Gasteiger partial charge < -0.3 is 4.42 Å². The van der Waals surface area contributed by atoms with E-state index >= 15 is 0 Å². The van der Waals surface area contributed by atoms with Gasteiger partial charge in [-0.25, -0.2) is 0 Å². The molecule has 3 aromatic rings. The lowest BCUT2D eigenvalue weighted by Gasteiger charge is -1.98. The zero-order valence-corrected chi connectivity index (χ0v) is 12.1. The van der Waals surface area contributed by atoms with Crippen LogP contribution in [0.2, 0.25) is 10.0 Å². The highest BCUT2D eigenvalue weighted by Gasteiger charge is 2.11. The molecule has 0 aliphatic carbocycles. The average Bonchev–Trinajstić information content (AvgIpc) is 2.92. The lowest BCUT2D eigenvalue weighted by Crippen LogP contribution is -1.79. The molecule has 0 atom stereocenters. The molecule has 100 valence electrons. The third-order valence-electron chi connectivity index (χ3n) is 2.86. The van der Waals surface area contributed by atoms with E-state index in [9.17, 15) is 0 Å². The molecule has 0 unspecified atom stereocenters. The second-order valence-corrected chi connectivity index (χ2v) is 5.23. The smallest absolute Gasteiger partial charge is 0.248 e. The van der Waals surface area contributed by atoms with Crippen LogP contribution in [0.15, 0.2) is 46.9 Å². The molecule has 0 bridgehead atoms. The summed E-state index contributed by atoms with van der Waals surface area (Å²) < 4.78 is 5.68. The molecule has 20 heavy (non-hydrogen) atoms. The van der Waals surface area contributed by atoms with Gasteiger partial charge in [0, 0.05) is 11.1 Å². The van der Waals surface area contributed by atoms with Crippen molar-refractivity contribution in [3.8, 4) is 22.9 Å². The lowest BCUT2D eigenvalue weighted by atomic mass is 10.1. The van der Waals surface area contributed by atoms with Gasteiger partial charge in [0.05, 0.1) is 10.0 Å². The Balaban J connectivity index is 1.99. The topological polar surface area (TPSA) is 38.9 Å². The monoisotopic (exact) mass is 304 g/mol. The van der Waals surface area contributed by atoms with E-state index in [1.165, 1.54) is 0 Å². The van der Waals surface area contributed by atoms with Crippen molar-refractivity contribution in [1.29, 1.82) is 0 Å². The SMILES string of the molecule is Cc1cccc(-c2nnc(-c3ccc(Cl)c(Cl)c3)o2)c1. The quantitative estimate of drug-likeness (QED) is 0.667. The van der Waals surface area contributed by atoms with Crippen LogP contribution >= 0.6 is 23.2 Å². The Morgan fingerprint density at radius 2 is 1.55 bits per heavy atom. The van der Waals surface area contributed by atoms with Crippen LogP contribution in [0.3, 0.4) is 0 Å². The van der Waals surface area contributed by atoms with E-state index in [-0.39, 0.29) is 0 Å². The Bertz CT molecular complexity index is 768. The van der Waals surface area contributed by atoms with Crippen LogP contribution in [0, 0.1) is 6.92 Å². The third kappa shape index (κ3) is 2.55. The molecule has 0 aliphatic heterocycles. The summed E-state index contributed by atoms with van der Waals surface area (Å²) >= 11 is 11.9. The van der Waals surface area contributed by atoms with E-state index < -0.39 is 0 Å². The van der Waals surface area contributed by atoms with Crippen LogP contribution in [0.25, 0.3) is 22.9 Å². The van der Waals surface area contributed by atoms with Gasteiger partial charge in [0.25, 0.3) is 0 Å². The maximum atomic E-state index is 5.99. The zero-order valence-electron chi connectivity index (χ0n) is 10.6. The van der Waals surface area contributed by atoms with Gasteiger partial charge >= 0.3 is 0 Å². The minimum atomic E-state index is 0.417. The summed E-state index contributed by atoms with van der Waals surface area (Å²) in [5.74, 6) is 0.898. The minimum Gasteiger partial charge on any atom is -0.416 e. The molecule has 0 saturated carbocycles. The molecular weight excluding hydrogens is 295 g/mol. The first-order valence-corrected chi connectivity index (χ1v) is 6.75. The van der Waals surface area contributed by atoms with E-state index in [1.54, 1.807) is 18.2 Å². The number of halogens is 2. The molecule has 1 aromatic heterocycles. The molecule has 0 radical (unpaired) electrons. The molecule has 0 N–H and O–H groups in total. The van der Waals surface area contributed by atoms with Gasteiger partial charge in [0.1, 0.15) is 0 Å². The highest BCUT2D eigenvalue weighted by Crippen LogP contribution is 2.29. The number of benzene rings is 2. The van der Waals surface area contributed by atoms with E-state index in [0.717, 1.165) is 16.7 Å². The van der Waals surface area contributed by atoms with Crippen LogP contribution < -0.4 is 0 Å². The van der Waals surface area contributed by atoms with Gasteiger partial charge in [-0.15, -0.1) is 10.2 Å². The number of aryl methyl sites for hydroxylation is 1. The van der Waals surface area contributed by atoms with Crippen LogP contribution in [0.5, 0.6) is 0 Å². The summed E-state index contributed by atoms with van der Waals surface area (Å²) in [6, 6.07) is 13.1.